The van der Waals surface area contributed by atoms with Crippen LogP contribution < -0.4 is 10.6 Å². The first-order valence-electron chi connectivity index (χ1n) is 7.89. The predicted molar refractivity (Wildman–Crippen MR) is 83.5 cm³/mol. The number of nitrogens with zero attached hydrogens (tertiary/aromatic N) is 2. The highest BCUT2D eigenvalue weighted by Gasteiger charge is 2.25. The van der Waals surface area contributed by atoms with Gasteiger partial charge in [-0.15, -0.1) is 6.58 Å². The van der Waals surface area contributed by atoms with Crippen LogP contribution in [0, 0.1) is 0 Å². The lowest BCUT2D eigenvalue weighted by Crippen LogP contribution is -2.52. The second kappa shape index (κ2) is 8.87. The lowest BCUT2D eigenvalue weighted by molar-refractivity contribution is -0.136. The fraction of sp³-hybridized carbons (Fsp3) is 0.733. The van der Waals surface area contributed by atoms with Crippen molar-refractivity contribution in [2.24, 2.45) is 0 Å². The number of carbonyl (C=O) groups excluding carboxylic acids is 2. The van der Waals surface area contributed by atoms with E-state index in [1.54, 1.807) is 6.08 Å². The third-order valence-electron chi connectivity index (χ3n) is 3.94. The van der Waals surface area contributed by atoms with Gasteiger partial charge in [0.1, 0.15) is 0 Å². The Morgan fingerprint density at radius 1 is 1.32 bits per heavy atom. The molecule has 0 spiro atoms. The molecule has 0 aromatic carbocycles. The molecule has 0 bridgehead atoms. The molecule has 124 valence electrons. The molecule has 2 rings (SSSR count). The Hall–Kier alpha value is -1.44. The molecule has 2 aliphatic rings. The first-order valence-corrected chi connectivity index (χ1v) is 7.89. The van der Waals surface area contributed by atoms with E-state index in [1.165, 1.54) is 0 Å². The van der Waals surface area contributed by atoms with E-state index in [9.17, 15) is 9.59 Å². The van der Waals surface area contributed by atoms with E-state index in [2.05, 4.69) is 22.1 Å². The van der Waals surface area contributed by atoms with Crippen LogP contribution in [0.15, 0.2) is 12.7 Å². The summed E-state index contributed by atoms with van der Waals surface area (Å²) in [6.45, 7) is 9.53. The standard InChI is InChI=1S/C15H26N4O3/c1-2-3-17-14(20)12-18-5-7-19(8-6-18)15(21)10-13-11-16-4-9-22-13/h2,13,16H,1,3-12H2,(H,17,20). The Kier molecular flexibility index (Phi) is 6.82. The highest BCUT2D eigenvalue weighted by Crippen LogP contribution is 2.08. The van der Waals surface area contributed by atoms with Crippen molar-refractivity contribution in [1.82, 2.24) is 20.4 Å². The molecule has 7 nitrogen and oxygen atoms in total. The third kappa shape index (κ3) is 5.40. The van der Waals surface area contributed by atoms with Crippen LogP contribution in [0.4, 0.5) is 0 Å². The molecule has 0 saturated carbocycles. The summed E-state index contributed by atoms with van der Waals surface area (Å²) in [4.78, 5) is 27.8. The summed E-state index contributed by atoms with van der Waals surface area (Å²) in [7, 11) is 0. The van der Waals surface area contributed by atoms with Crippen molar-refractivity contribution in [1.29, 1.82) is 0 Å². The van der Waals surface area contributed by atoms with Crippen LogP contribution in [0.1, 0.15) is 6.42 Å². The van der Waals surface area contributed by atoms with Gasteiger partial charge in [0.05, 0.1) is 25.7 Å². The number of piperazine rings is 1. The van der Waals surface area contributed by atoms with E-state index < -0.39 is 0 Å². The molecule has 2 aliphatic heterocycles. The van der Waals surface area contributed by atoms with E-state index >= 15 is 0 Å². The second-order valence-electron chi connectivity index (χ2n) is 5.65. The molecular weight excluding hydrogens is 284 g/mol. The maximum Gasteiger partial charge on any atom is 0.234 e. The van der Waals surface area contributed by atoms with Crippen molar-refractivity contribution in [2.75, 3.05) is 59.0 Å². The van der Waals surface area contributed by atoms with Gasteiger partial charge in [0.15, 0.2) is 0 Å². The number of morpholine rings is 1. The van der Waals surface area contributed by atoms with Crippen LogP contribution in [-0.2, 0) is 14.3 Å². The average Bonchev–Trinajstić information content (AvgIpc) is 2.54. The number of hydrogen-bond donors (Lipinski definition) is 2. The Bertz CT molecular complexity index is 388. The molecule has 2 heterocycles. The first kappa shape index (κ1) is 16.9. The summed E-state index contributed by atoms with van der Waals surface area (Å²) in [5.74, 6) is 0.144. The van der Waals surface area contributed by atoms with Crippen molar-refractivity contribution in [3.63, 3.8) is 0 Å². The van der Waals surface area contributed by atoms with Gasteiger partial charge in [-0.05, 0) is 0 Å². The van der Waals surface area contributed by atoms with Crippen LogP contribution in [0.25, 0.3) is 0 Å². The zero-order valence-corrected chi connectivity index (χ0v) is 13.1. The minimum Gasteiger partial charge on any atom is -0.375 e. The summed E-state index contributed by atoms with van der Waals surface area (Å²) in [6, 6.07) is 0. The fourth-order valence-corrected chi connectivity index (χ4v) is 2.68. The van der Waals surface area contributed by atoms with E-state index in [4.69, 9.17) is 4.74 Å². The van der Waals surface area contributed by atoms with E-state index in [0.717, 1.165) is 26.2 Å². The van der Waals surface area contributed by atoms with Gasteiger partial charge in [-0.1, -0.05) is 6.08 Å². The number of carbonyl (C=O) groups is 2. The van der Waals surface area contributed by atoms with Crippen LogP contribution in [-0.4, -0.2) is 86.7 Å². The van der Waals surface area contributed by atoms with Gasteiger partial charge in [0.25, 0.3) is 0 Å². The lowest BCUT2D eigenvalue weighted by atomic mass is 10.2. The average molecular weight is 310 g/mol. The third-order valence-corrected chi connectivity index (χ3v) is 3.94. The van der Waals surface area contributed by atoms with Crippen LogP contribution in [0.5, 0.6) is 0 Å². The lowest BCUT2D eigenvalue weighted by Gasteiger charge is -2.35. The Balaban J connectivity index is 1.66. The second-order valence-corrected chi connectivity index (χ2v) is 5.65. The quantitative estimate of drug-likeness (QED) is 0.604. The van der Waals surface area contributed by atoms with Crippen molar-refractivity contribution >= 4 is 11.8 Å². The van der Waals surface area contributed by atoms with Crippen LogP contribution in [0.2, 0.25) is 0 Å². The zero-order valence-electron chi connectivity index (χ0n) is 13.1. The van der Waals surface area contributed by atoms with E-state index in [0.29, 0.717) is 39.2 Å². The molecule has 2 N–H and O–H groups in total. The molecule has 1 atom stereocenters. The van der Waals surface area contributed by atoms with Gasteiger partial charge >= 0.3 is 0 Å². The minimum atomic E-state index is -0.0102. The molecule has 0 aliphatic carbocycles. The molecule has 2 amide bonds. The Morgan fingerprint density at radius 2 is 2.09 bits per heavy atom. The van der Waals surface area contributed by atoms with Crippen molar-refractivity contribution in [3.8, 4) is 0 Å². The fourth-order valence-electron chi connectivity index (χ4n) is 2.68. The molecule has 1 unspecified atom stereocenters. The highest BCUT2D eigenvalue weighted by atomic mass is 16.5. The maximum absolute atomic E-state index is 12.2. The SMILES string of the molecule is C=CCNC(=O)CN1CCN(C(=O)CC2CNCCO2)CC1. The summed E-state index contributed by atoms with van der Waals surface area (Å²) in [5, 5.41) is 6.00. The van der Waals surface area contributed by atoms with Crippen LogP contribution >= 0.6 is 0 Å². The maximum atomic E-state index is 12.2. The monoisotopic (exact) mass is 310 g/mol. The molecule has 2 saturated heterocycles. The zero-order chi connectivity index (χ0) is 15.8. The molecule has 0 aromatic heterocycles. The summed E-state index contributed by atoms with van der Waals surface area (Å²) in [6.07, 6.45) is 2.09. The smallest absolute Gasteiger partial charge is 0.234 e. The van der Waals surface area contributed by atoms with Gasteiger partial charge in [-0.25, -0.2) is 0 Å². The number of hydrogen-bond acceptors (Lipinski definition) is 5. The number of rotatable bonds is 6. The summed E-state index contributed by atoms with van der Waals surface area (Å²) >= 11 is 0. The van der Waals surface area contributed by atoms with E-state index in [1.807, 2.05) is 4.90 Å². The normalized spacial score (nSPS) is 23.1. The van der Waals surface area contributed by atoms with Gasteiger partial charge in [0, 0.05) is 45.8 Å². The van der Waals surface area contributed by atoms with E-state index in [-0.39, 0.29) is 17.9 Å². The van der Waals surface area contributed by atoms with Gasteiger partial charge in [-0.3, -0.25) is 14.5 Å². The Labute approximate surface area is 131 Å². The van der Waals surface area contributed by atoms with Gasteiger partial charge in [0.2, 0.25) is 11.8 Å². The number of nitrogens with one attached hydrogen (secondary N) is 2. The Morgan fingerprint density at radius 3 is 2.73 bits per heavy atom. The highest BCUT2D eigenvalue weighted by molar-refractivity contribution is 5.78. The molecule has 22 heavy (non-hydrogen) atoms. The number of amides is 2. The largest absolute Gasteiger partial charge is 0.375 e. The molecule has 7 heteroatoms. The number of ether oxygens (including phenoxy) is 1. The minimum absolute atomic E-state index is 0.00126. The predicted octanol–water partition coefficient (Wildman–Crippen LogP) is -1.19. The molecular formula is C15H26N4O3. The molecule has 0 radical (unpaired) electrons. The van der Waals surface area contributed by atoms with Gasteiger partial charge < -0.3 is 20.3 Å². The van der Waals surface area contributed by atoms with Crippen molar-refractivity contribution < 1.29 is 14.3 Å². The molecule has 0 aromatic rings. The van der Waals surface area contributed by atoms with Gasteiger partial charge in [-0.2, -0.15) is 0 Å². The summed E-state index contributed by atoms with van der Waals surface area (Å²) in [5.41, 5.74) is 0. The van der Waals surface area contributed by atoms with Crippen molar-refractivity contribution in [3.05, 3.63) is 12.7 Å². The topological polar surface area (TPSA) is 73.9 Å². The van der Waals surface area contributed by atoms with Crippen LogP contribution in [0.3, 0.4) is 0 Å². The van der Waals surface area contributed by atoms with Crippen molar-refractivity contribution in [2.45, 2.75) is 12.5 Å². The first-order chi connectivity index (χ1) is 10.7. The molecule has 2 fully saturated rings. The summed E-state index contributed by atoms with van der Waals surface area (Å²) < 4.78 is 5.57.